The zero-order valence-electron chi connectivity index (χ0n) is 37.6. The Kier molecular flexibility index (Phi) is 15.4. The van der Waals surface area contributed by atoms with Gasteiger partial charge in [-0.05, 0) is 94.2 Å². The lowest BCUT2D eigenvalue weighted by molar-refractivity contribution is -0.147. The molecule has 13 nitrogen and oxygen atoms in total. The minimum absolute atomic E-state index is 0.0170. The summed E-state index contributed by atoms with van der Waals surface area (Å²) in [5.74, 6) is -1.16. The minimum atomic E-state index is -0.992. The molecule has 342 valence electrons. The van der Waals surface area contributed by atoms with E-state index >= 15 is 0 Å². The first kappa shape index (κ1) is 47.4. The molecule has 2 aliphatic heterocycles. The maximum atomic E-state index is 15.0. The van der Waals surface area contributed by atoms with Crippen molar-refractivity contribution >= 4 is 46.7 Å². The highest BCUT2D eigenvalue weighted by Gasteiger charge is 2.43. The van der Waals surface area contributed by atoms with Crippen LogP contribution in [0.25, 0.3) is 11.4 Å². The number of Topliss-reactive ketones (excluding diaryl/α,β-unsaturated/α-hetero) is 1. The highest BCUT2D eigenvalue weighted by molar-refractivity contribution is 6.31. The quantitative estimate of drug-likeness (QED) is 0.127. The van der Waals surface area contributed by atoms with E-state index in [2.05, 4.69) is 15.3 Å². The van der Waals surface area contributed by atoms with E-state index in [0.29, 0.717) is 71.6 Å². The molecule has 2 saturated heterocycles. The van der Waals surface area contributed by atoms with Crippen LogP contribution in [0, 0.1) is 11.8 Å². The summed E-state index contributed by atoms with van der Waals surface area (Å²) in [7, 11) is 7.42. The van der Waals surface area contributed by atoms with Crippen molar-refractivity contribution in [2.75, 3.05) is 40.9 Å². The number of ketones is 1. The summed E-state index contributed by atoms with van der Waals surface area (Å²) < 4.78 is 14.0. The number of nitrogens with zero attached hydrogens (tertiary/aromatic N) is 6. The summed E-state index contributed by atoms with van der Waals surface area (Å²) in [6, 6.07) is 24.9. The van der Waals surface area contributed by atoms with E-state index in [1.165, 1.54) is 12.0 Å². The zero-order valence-corrected chi connectivity index (χ0v) is 39.1. The van der Waals surface area contributed by atoms with E-state index in [0.717, 1.165) is 22.6 Å². The Bertz CT molecular complexity index is 2460. The van der Waals surface area contributed by atoms with Gasteiger partial charge in [0.25, 0.3) is 0 Å². The molecule has 4 atom stereocenters. The fourth-order valence-electron chi connectivity index (χ4n) is 8.93. The second kappa shape index (κ2) is 21.1. The molecule has 0 unspecified atom stereocenters. The first-order valence-electron chi connectivity index (χ1n) is 22.0. The topological polar surface area (TPSA) is 139 Å². The van der Waals surface area contributed by atoms with Crippen molar-refractivity contribution in [2.45, 2.75) is 70.1 Å². The summed E-state index contributed by atoms with van der Waals surface area (Å²) in [6.45, 7) is 2.98. The van der Waals surface area contributed by atoms with Crippen LogP contribution >= 0.6 is 23.2 Å². The predicted molar refractivity (Wildman–Crippen MR) is 250 cm³/mol. The maximum absolute atomic E-state index is 15.0. The molecule has 4 heterocycles. The maximum Gasteiger partial charge on any atom is 0.226 e. The molecule has 1 N–H and O–H groups in total. The lowest BCUT2D eigenvalue weighted by Crippen LogP contribution is -2.63. The third kappa shape index (κ3) is 11.8. The molecule has 7 rings (SSSR count). The van der Waals surface area contributed by atoms with Gasteiger partial charge < -0.3 is 34.1 Å². The molecule has 2 bridgehead atoms. The van der Waals surface area contributed by atoms with E-state index in [1.807, 2.05) is 91.3 Å². The molecule has 3 amide bonds. The van der Waals surface area contributed by atoms with Crippen molar-refractivity contribution in [3.8, 4) is 22.9 Å². The van der Waals surface area contributed by atoms with Crippen LogP contribution in [0.3, 0.4) is 0 Å². The van der Waals surface area contributed by atoms with Gasteiger partial charge in [-0.2, -0.15) is 0 Å². The lowest BCUT2D eigenvalue weighted by atomic mass is 9.81. The summed E-state index contributed by atoms with van der Waals surface area (Å²) >= 11 is 12.8. The van der Waals surface area contributed by atoms with Gasteiger partial charge in [0.05, 0.1) is 66.9 Å². The molecule has 3 aromatic carbocycles. The van der Waals surface area contributed by atoms with Crippen LogP contribution in [0.15, 0.2) is 97.3 Å². The third-order valence-corrected chi connectivity index (χ3v) is 12.9. The number of fused-ring (bicyclic) bond motifs is 2. The summed E-state index contributed by atoms with van der Waals surface area (Å²) in [5, 5.41) is 4.33. The minimum Gasteiger partial charge on any atom is -0.455 e. The zero-order chi connectivity index (χ0) is 46.3. The van der Waals surface area contributed by atoms with Gasteiger partial charge in [0.15, 0.2) is 5.78 Å². The van der Waals surface area contributed by atoms with Crippen LogP contribution < -0.4 is 10.1 Å². The molecule has 0 radical (unpaired) electrons. The lowest BCUT2D eigenvalue weighted by Gasteiger charge is -2.45. The number of carbonyl (C=O) groups excluding carboxylic acids is 4. The Morgan fingerprint density at radius 3 is 2.34 bits per heavy atom. The van der Waals surface area contributed by atoms with Gasteiger partial charge >= 0.3 is 0 Å². The second-order valence-electron chi connectivity index (χ2n) is 17.6. The number of halogens is 2. The van der Waals surface area contributed by atoms with Gasteiger partial charge in [0.2, 0.25) is 17.7 Å². The van der Waals surface area contributed by atoms with Crippen LogP contribution in [-0.4, -0.2) is 105 Å². The van der Waals surface area contributed by atoms with Crippen molar-refractivity contribution in [3.05, 3.63) is 130 Å². The number of hydrogen-bond acceptors (Lipinski definition) is 9. The number of carbonyl (C=O) groups is 4. The predicted octanol–water partition coefficient (Wildman–Crippen LogP) is 7.56. The second-order valence-corrected chi connectivity index (χ2v) is 18.5. The highest BCUT2D eigenvalue weighted by Crippen LogP contribution is 2.34. The third-order valence-electron chi connectivity index (χ3n) is 12.4. The first-order chi connectivity index (χ1) is 31.2. The van der Waals surface area contributed by atoms with Gasteiger partial charge in [-0.25, -0.2) is 4.98 Å². The standard InChI is InChI=1S/C50H57Cl2N7O6/c1-33-44(60)23-38(31-64-5)48(62)55-50(26-35-12-15-39(51)16-13-35)20-9-21-58(32-50)49(63)37(22-34-10-7-6-8-11-34)24-47(61)59(33)29-36-14-17-40(52)25-45(36)65-41-18-19-42(53-27-41)43-28-54-46(57(43)4)30-56(2)3/h6-8,10-19,25,27-28,33,37-38H,9,20-24,26,29-32H2,1-5H3,(H,55,62)/t33-,37+,38+,50+/m0/s1. The number of benzene rings is 3. The monoisotopic (exact) mass is 921 g/mol. The van der Waals surface area contributed by atoms with Crippen LogP contribution in [0.5, 0.6) is 11.5 Å². The van der Waals surface area contributed by atoms with E-state index in [-0.39, 0.29) is 56.0 Å². The number of rotatable bonds is 13. The smallest absolute Gasteiger partial charge is 0.226 e. The average molecular weight is 923 g/mol. The molecule has 5 aromatic rings. The van der Waals surface area contributed by atoms with Crippen LogP contribution in [-0.2, 0) is 56.9 Å². The molecule has 15 heteroatoms. The number of nitrogens with one attached hydrogen (secondary N) is 1. The van der Waals surface area contributed by atoms with Gasteiger partial charge in [-0.15, -0.1) is 0 Å². The molecule has 0 spiro atoms. The van der Waals surface area contributed by atoms with Gasteiger partial charge in [-0.3, -0.25) is 24.2 Å². The van der Waals surface area contributed by atoms with Gasteiger partial charge in [0.1, 0.15) is 17.3 Å². The normalized spacial score (nSPS) is 21.1. The van der Waals surface area contributed by atoms with E-state index in [9.17, 15) is 19.2 Å². The molecular formula is C50H57Cl2N7O6. The van der Waals surface area contributed by atoms with Crippen LogP contribution in [0.4, 0.5) is 0 Å². The first-order valence-corrected chi connectivity index (χ1v) is 22.7. The fourth-order valence-corrected chi connectivity index (χ4v) is 9.22. The molecule has 65 heavy (non-hydrogen) atoms. The number of methoxy groups -OCH3 is 1. The van der Waals surface area contributed by atoms with E-state index in [1.54, 1.807) is 48.5 Å². The number of pyridine rings is 1. The molecular weight excluding hydrogens is 865 g/mol. The number of amides is 3. The van der Waals surface area contributed by atoms with E-state index < -0.39 is 23.4 Å². The number of hydrogen-bond donors (Lipinski definition) is 1. The number of piperidine rings is 1. The summed E-state index contributed by atoms with van der Waals surface area (Å²) in [4.78, 5) is 73.4. The molecule has 2 aromatic heterocycles. The van der Waals surface area contributed by atoms with Crippen molar-refractivity contribution in [3.63, 3.8) is 0 Å². The Morgan fingerprint density at radius 2 is 1.63 bits per heavy atom. The number of ether oxygens (including phenoxy) is 2. The molecule has 2 fully saturated rings. The van der Waals surface area contributed by atoms with Crippen molar-refractivity contribution in [2.24, 2.45) is 18.9 Å². The summed E-state index contributed by atoms with van der Waals surface area (Å²) in [6.07, 6.45) is 5.06. The molecule has 0 saturated carbocycles. The molecule has 2 aliphatic rings. The Labute approximate surface area is 391 Å². The van der Waals surface area contributed by atoms with Crippen molar-refractivity contribution in [1.82, 2.24) is 34.6 Å². The SMILES string of the molecule is COC[C@H]1CC(=O)[C@H](C)N(Cc2ccc(Cl)cc2Oc2ccc(-c3cnc(CN(C)C)n3C)nc2)C(=O)C[C@@H](Cc2ccccc2)C(=O)N2CCC[C@@](Cc3ccc(Cl)cc3)(C2)NC1=O. The Morgan fingerprint density at radius 1 is 0.877 bits per heavy atom. The van der Waals surface area contributed by atoms with Crippen molar-refractivity contribution < 1.29 is 28.7 Å². The number of imidazole rings is 1. The van der Waals surface area contributed by atoms with Gasteiger partial charge in [-0.1, -0.05) is 71.7 Å². The summed E-state index contributed by atoms with van der Waals surface area (Å²) in [5.41, 5.74) is 3.15. The Hall–Kier alpha value is -5.60. The molecule has 0 aliphatic carbocycles. The van der Waals surface area contributed by atoms with Crippen LogP contribution in [0.1, 0.15) is 55.1 Å². The Balaban J connectivity index is 1.21. The number of aromatic nitrogens is 3. The fraction of sp³-hybridized carbons (Fsp3) is 0.400. The van der Waals surface area contributed by atoms with Crippen LogP contribution in [0.2, 0.25) is 10.0 Å². The largest absolute Gasteiger partial charge is 0.455 e. The van der Waals surface area contributed by atoms with E-state index in [4.69, 9.17) is 32.7 Å². The highest BCUT2D eigenvalue weighted by atomic mass is 35.5. The van der Waals surface area contributed by atoms with Crippen molar-refractivity contribution in [1.29, 1.82) is 0 Å². The average Bonchev–Trinajstić information content (AvgIpc) is 3.64. The van der Waals surface area contributed by atoms with Gasteiger partial charge in [0, 0.05) is 55.7 Å².